The Hall–Kier alpha value is -1.71. The molecule has 0 unspecified atom stereocenters. The molecule has 0 N–H and O–H groups in total. The molecule has 1 aromatic carbocycles. The number of fused-ring (bicyclic) bond motifs is 1. The molecule has 1 aliphatic carbocycles. The van der Waals surface area contributed by atoms with E-state index in [-0.39, 0.29) is 11.9 Å². The molecular formula is C16H18FNO2. The third-order valence-corrected chi connectivity index (χ3v) is 4.86. The molecule has 1 heterocycles. The Bertz CT molecular complexity index is 533. The molecule has 0 aromatic heterocycles. The van der Waals surface area contributed by atoms with Crippen molar-refractivity contribution in [1.82, 2.24) is 4.90 Å². The van der Waals surface area contributed by atoms with E-state index in [2.05, 4.69) is 0 Å². The second-order valence-corrected chi connectivity index (χ2v) is 5.94. The average Bonchev–Trinajstić information content (AvgIpc) is 2.96. The molecule has 3 rings (SSSR count). The first-order chi connectivity index (χ1) is 9.59. The van der Waals surface area contributed by atoms with E-state index in [1.54, 1.807) is 4.90 Å². The van der Waals surface area contributed by atoms with E-state index >= 15 is 0 Å². The molecular weight excluding hydrogens is 257 g/mol. The fourth-order valence-electron chi connectivity index (χ4n) is 3.65. The highest BCUT2D eigenvalue weighted by molar-refractivity contribution is 5.89. The monoisotopic (exact) mass is 275 g/mol. The molecule has 2 aliphatic rings. The predicted molar refractivity (Wildman–Crippen MR) is 72.7 cm³/mol. The second-order valence-electron chi connectivity index (χ2n) is 5.94. The van der Waals surface area contributed by atoms with Crippen LogP contribution < -0.4 is 0 Å². The Labute approximate surface area is 117 Å². The first-order valence-electron chi connectivity index (χ1n) is 7.05. The fraction of sp³-hybridized carbons (Fsp3) is 0.500. The van der Waals surface area contributed by atoms with Crippen molar-refractivity contribution in [2.45, 2.75) is 32.0 Å². The number of alkyl halides is 1. The van der Waals surface area contributed by atoms with Gasteiger partial charge in [-0.1, -0.05) is 30.3 Å². The lowest BCUT2D eigenvalue weighted by Crippen LogP contribution is -2.32. The van der Waals surface area contributed by atoms with E-state index in [9.17, 15) is 14.0 Å². The highest BCUT2D eigenvalue weighted by atomic mass is 19.1. The van der Waals surface area contributed by atoms with Gasteiger partial charge in [-0.05, 0) is 25.3 Å². The van der Waals surface area contributed by atoms with Gasteiger partial charge >= 0.3 is 0 Å². The second kappa shape index (κ2) is 4.69. The summed E-state index contributed by atoms with van der Waals surface area (Å²) in [5, 5.41) is 0. The van der Waals surface area contributed by atoms with Crippen LogP contribution in [0, 0.1) is 11.3 Å². The summed E-state index contributed by atoms with van der Waals surface area (Å²) < 4.78 is 14.0. The minimum Gasteiger partial charge on any atom is -0.335 e. The molecule has 106 valence electrons. The minimum atomic E-state index is -1.18. The SMILES string of the molecule is C[C@H](c1ccccc1)N1C[C@]2(C=O)CC[C@H](F)[C@@H]2C1=O. The van der Waals surface area contributed by atoms with Gasteiger partial charge < -0.3 is 9.69 Å². The van der Waals surface area contributed by atoms with Crippen molar-refractivity contribution in [1.29, 1.82) is 0 Å². The van der Waals surface area contributed by atoms with Crippen LogP contribution in [0.4, 0.5) is 4.39 Å². The van der Waals surface area contributed by atoms with Crippen molar-refractivity contribution in [2.75, 3.05) is 6.54 Å². The number of carbonyl (C=O) groups excluding carboxylic acids is 2. The summed E-state index contributed by atoms with van der Waals surface area (Å²) in [6, 6.07) is 9.53. The van der Waals surface area contributed by atoms with E-state index in [4.69, 9.17) is 0 Å². The number of benzene rings is 1. The lowest BCUT2D eigenvalue weighted by atomic mass is 9.82. The average molecular weight is 275 g/mol. The van der Waals surface area contributed by atoms with Crippen LogP contribution in [0.15, 0.2) is 30.3 Å². The van der Waals surface area contributed by atoms with Gasteiger partial charge in [0.2, 0.25) is 5.91 Å². The Morgan fingerprint density at radius 1 is 1.40 bits per heavy atom. The molecule has 0 radical (unpaired) electrons. The topological polar surface area (TPSA) is 37.4 Å². The molecule has 1 amide bonds. The van der Waals surface area contributed by atoms with Crippen molar-refractivity contribution in [3.05, 3.63) is 35.9 Å². The molecule has 2 fully saturated rings. The van der Waals surface area contributed by atoms with Gasteiger partial charge in [-0.2, -0.15) is 0 Å². The zero-order chi connectivity index (χ0) is 14.3. The van der Waals surface area contributed by atoms with Gasteiger partial charge in [0.05, 0.1) is 17.4 Å². The van der Waals surface area contributed by atoms with Crippen molar-refractivity contribution in [2.24, 2.45) is 11.3 Å². The zero-order valence-electron chi connectivity index (χ0n) is 11.5. The smallest absolute Gasteiger partial charge is 0.230 e. The molecule has 0 bridgehead atoms. The highest BCUT2D eigenvalue weighted by Crippen LogP contribution is 2.51. The Morgan fingerprint density at radius 3 is 2.70 bits per heavy atom. The van der Waals surface area contributed by atoms with Crippen LogP contribution in [0.3, 0.4) is 0 Å². The number of aldehydes is 1. The number of hydrogen-bond acceptors (Lipinski definition) is 2. The minimum absolute atomic E-state index is 0.127. The number of hydrogen-bond donors (Lipinski definition) is 0. The van der Waals surface area contributed by atoms with Crippen molar-refractivity contribution < 1.29 is 14.0 Å². The van der Waals surface area contributed by atoms with Gasteiger partial charge in [0, 0.05) is 6.54 Å². The maximum atomic E-state index is 14.0. The summed E-state index contributed by atoms with van der Waals surface area (Å²) in [5.74, 6) is -0.982. The van der Waals surface area contributed by atoms with Gasteiger partial charge in [-0.3, -0.25) is 4.79 Å². The lowest BCUT2D eigenvalue weighted by Gasteiger charge is -2.27. The van der Waals surface area contributed by atoms with Gasteiger partial charge in [0.15, 0.2) is 0 Å². The summed E-state index contributed by atoms with van der Waals surface area (Å²) >= 11 is 0. The lowest BCUT2D eigenvalue weighted by molar-refractivity contribution is -0.135. The summed E-state index contributed by atoms with van der Waals surface area (Å²) in [7, 11) is 0. The van der Waals surface area contributed by atoms with Crippen molar-refractivity contribution in [3.8, 4) is 0 Å². The molecule has 1 aliphatic heterocycles. The first kappa shape index (κ1) is 13.3. The number of carbonyl (C=O) groups is 2. The third kappa shape index (κ3) is 1.78. The summed E-state index contributed by atoms with van der Waals surface area (Å²) in [4.78, 5) is 25.6. The zero-order valence-corrected chi connectivity index (χ0v) is 11.5. The predicted octanol–water partition coefficient (Wildman–Crippen LogP) is 2.52. The summed E-state index contributed by atoms with van der Waals surface area (Å²) in [6.07, 6.45) is 0.433. The molecule has 4 heteroatoms. The Kier molecular flexibility index (Phi) is 3.11. The molecule has 0 spiro atoms. The molecule has 3 nitrogen and oxygen atoms in total. The standard InChI is InChI=1S/C16H18FNO2/c1-11(12-5-3-2-4-6-12)18-9-16(10-19)8-7-13(17)14(16)15(18)20/h2-6,10-11,13-14H,7-9H2,1H3/t11-,13+,14-,16+/m1/s1. The van der Waals surface area contributed by atoms with Gasteiger partial charge in [0.1, 0.15) is 12.5 Å². The van der Waals surface area contributed by atoms with Crippen LogP contribution in [0.25, 0.3) is 0 Å². The largest absolute Gasteiger partial charge is 0.335 e. The fourth-order valence-corrected chi connectivity index (χ4v) is 3.65. The van der Waals surface area contributed by atoms with E-state index in [1.165, 1.54) is 0 Å². The number of nitrogens with zero attached hydrogens (tertiary/aromatic N) is 1. The number of halogens is 1. The third-order valence-electron chi connectivity index (χ3n) is 4.86. The van der Waals surface area contributed by atoms with Gasteiger partial charge in [0.25, 0.3) is 0 Å². The van der Waals surface area contributed by atoms with Crippen molar-refractivity contribution >= 4 is 12.2 Å². The van der Waals surface area contributed by atoms with Crippen LogP contribution >= 0.6 is 0 Å². The van der Waals surface area contributed by atoms with Crippen LogP contribution in [0.5, 0.6) is 0 Å². The van der Waals surface area contributed by atoms with E-state index in [0.29, 0.717) is 19.4 Å². The molecule has 1 saturated heterocycles. The van der Waals surface area contributed by atoms with E-state index in [1.807, 2.05) is 37.3 Å². The highest BCUT2D eigenvalue weighted by Gasteiger charge is 2.60. The normalized spacial score (nSPS) is 34.1. The van der Waals surface area contributed by atoms with Crippen LogP contribution in [-0.2, 0) is 9.59 Å². The van der Waals surface area contributed by atoms with E-state index in [0.717, 1.165) is 11.8 Å². The molecule has 1 saturated carbocycles. The Morgan fingerprint density at radius 2 is 2.10 bits per heavy atom. The van der Waals surface area contributed by atoms with Crippen LogP contribution in [-0.4, -0.2) is 29.8 Å². The Balaban J connectivity index is 1.90. The molecule has 1 aromatic rings. The van der Waals surface area contributed by atoms with Crippen LogP contribution in [0.2, 0.25) is 0 Å². The number of rotatable bonds is 3. The maximum absolute atomic E-state index is 14.0. The van der Waals surface area contributed by atoms with Crippen molar-refractivity contribution in [3.63, 3.8) is 0 Å². The van der Waals surface area contributed by atoms with Gasteiger partial charge in [-0.25, -0.2) is 4.39 Å². The quantitative estimate of drug-likeness (QED) is 0.795. The maximum Gasteiger partial charge on any atom is 0.230 e. The summed E-state index contributed by atoms with van der Waals surface area (Å²) in [6.45, 7) is 2.27. The number of amides is 1. The molecule has 20 heavy (non-hydrogen) atoms. The number of likely N-dealkylation sites (tertiary alicyclic amines) is 1. The van der Waals surface area contributed by atoms with Crippen LogP contribution in [0.1, 0.15) is 31.4 Å². The first-order valence-corrected chi connectivity index (χ1v) is 7.05. The van der Waals surface area contributed by atoms with E-state index < -0.39 is 17.5 Å². The molecule has 4 atom stereocenters. The summed E-state index contributed by atoms with van der Waals surface area (Å²) in [5.41, 5.74) is 0.205. The van der Waals surface area contributed by atoms with Gasteiger partial charge in [-0.15, -0.1) is 0 Å².